The third-order valence-electron chi connectivity index (χ3n) is 3.29. The van der Waals surface area contributed by atoms with E-state index in [0.29, 0.717) is 10.7 Å². The Balaban J connectivity index is 2.07. The average molecular weight is 253 g/mol. The van der Waals surface area contributed by atoms with Gasteiger partial charge in [0.25, 0.3) is 0 Å². The van der Waals surface area contributed by atoms with Crippen molar-refractivity contribution in [2.75, 3.05) is 5.32 Å². The second-order valence-corrected chi connectivity index (χ2v) is 5.08. The number of halogens is 1. The summed E-state index contributed by atoms with van der Waals surface area (Å²) >= 11 is 6.07. The van der Waals surface area contributed by atoms with Gasteiger partial charge in [-0.05, 0) is 37.5 Å². The summed E-state index contributed by atoms with van der Waals surface area (Å²) < 4.78 is 0. The number of amides is 1. The molecule has 1 fully saturated rings. The van der Waals surface area contributed by atoms with Crippen LogP contribution in [0.5, 0.6) is 0 Å². The fourth-order valence-corrected chi connectivity index (χ4v) is 2.54. The van der Waals surface area contributed by atoms with E-state index in [0.717, 1.165) is 24.8 Å². The largest absolute Gasteiger partial charge is 0.327 e. The highest BCUT2D eigenvalue weighted by molar-refractivity contribution is 6.33. The summed E-state index contributed by atoms with van der Waals surface area (Å²) in [6, 6.07) is 5.58. The van der Waals surface area contributed by atoms with Crippen LogP contribution in [0.3, 0.4) is 0 Å². The van der Waals surface area contributed by atoms with Crippen molar-refractivity contribution < 1.29 is 4.79 Å². The Hall–Kier alpha value is -1.06. The summed E-state index contributed by atoms with van der Waals surface area (Å²) in [6.07, 6.45) is 2.83. The lowest BCUT2D eigenvalue weighted by molar-refractivity contribution is -0.120. The summed E-state index contributed by atoms with van der Waals surface area (Å²) in [5, 5.41) is 3.43. The number of anilines is 1. The highest BCUT2D eigenvalue weighted by Crippen LogP contribution is 2.28. The molecule has 1 aromatic carbocycles. The van der Waals surface area contributed by atoms with Gasteiger partial charge in [0.2, 0.25) is 5.91 Å². The second-order valence-electron chi connectivity index (χ2n) is 4.67. The molecule has 0 aromatic heterocycles. The number of benzene rings is 1. The minimum Gasteiger partial charge on any atom is -0.327 e. The molecule has 0 spiro atoms. The van der Waals surface area contributed by atoms with Crippen LogP contribution in [-0.2, 0) is 4.79 Å². The van der Waals surface area contributed by atoms with E-state index in [1.165, 1.54) is 0 Å². The van der Waals surface area contributed by atoms with Crippen molar-refractivity contribution in [2.45, 2.75) is 32.2 Å². The molecule has 2 rings (SSSR count). The molecule has 1 aliphatic carbocycles. The minimum absolute atomic E-state index is 0.0132. The lowest BCUT2D eigenvalue weighted by Crippen LogP contribution is -2.34. The highest BCUT2D eigenvalue weighted by atomic mass is 35.5. The molecule has 3 nitrogen and oxygen atoms in total. The summed E-state index contributed by atoms with van der Waals surface area (Å²) in [6.45, 7) is 1.96. The second kappa shape index (κ2) is 5.07. The zero-order valence-electron chi connectivity index (χ0n) is 9.87. The SMILES string of the molecule is Cc1ccc(NC(=O)C2CCCC2N)c(Cl)c1. The first-order valence-electron chi connectivity index (χ1n) is 5.90. The number of rotatable bonds is 2. The Morgan fingerprint density at radius 3 is 2.82 bits per heavy atom. The molecule has 3 N–H and O–H groups in total. The molecule has 0 aliphatic heterocycles. The summed E-state index contributed by atoms with van der Waals surface area (Å²) in [5.74, 6) is -0.0897. The van der Waals surface area contributed by atoms with Crippen LogP contribution in [0.25, 0.3) is 0 Å². The first kappa shape index (κ1) is 12.4. The highest BCUT2D eigenvalue weighted by Gasteiger charge is 2.30. The van der Waals surface area contributed by atoms with Crippen LogP contribution in [0.1, 0.15) is 24.8 Å². The van der Waals surface area contributed by atoms with Crippen molar-refractivity contribution in [3.8, 4) is 0 Å². The van der Waals surface area contributed by atoms with Crippen LogP contribution in [0.15, 0.2) is 18.2 Å². The Labute approximate surface area is 106 Å². The number of nitrogens with two attached hydrogens (primary N) is 1. The van der Waals surface area contributed by atoms with Crippen molar-refractivity contribution in [3.63, 3.8) is 0 Å². The van der Waals surface area contributed by atoms with Gasteiger partial charge in [0, 0.05) is 6.04 Å². The summed E-state index contributed by atoms with van der Waals surface area (Å²) in [7, 11) is 0. The molecule has 92 valence electrons. The van der Waals surface area contributed by atoms with Crippen molar-refractivity contribution in [1.82, 2.24) is 0 Å². The van der Waals surface area contributed by atoms with Crippen LogP contribution in [-0.4, -0.2) is 11.9 Å². The molecule has 1 aromatic rings. The van der Waals surface area contributed by atoms with Crippen LogP contribution in [0.4, 0.5) is 5.69 Å². The molecule has 2 unspecified atom stereocenters. The summed E-state index contributed by atoms with van der Waals surface area (Å²) in [4.78, 5) is 12.0. The summed E-state index contributed by atoms with van der Waals surface area (Å²) in [5.41, 5.74) is 7.64. The number of carbonyl (C=O) groups is 1. The lowest BCUT2D eigenvalue weighted by atomic mass is 10.0. The van der Waals surface area contributed by atoms with Crippen LogP contribution in [0.2, 0.25) is 5.02 Å². The fraction of sp³-hybridized carbons (Fsp3) is 0.462. The molecule has 1 saturated carbocycles. The van der Waals surface area contributed by atoms with Crippen molar-refractivity contribution in [1.29, 1.82) is 0 Å². The molecule has 17 heavy (non-hydrogen) atoms. The van der Waals surface area contributed by atoms with E-state index >= 15 is 0 Å². The lowest BCUT2D eigenvalue weighted by Gasteiger charge is -2.16. The molecule has 0 heterocycles. The normalized spacial score (nSPS) is 23.7. The maximum atomic E-state index is 12.0. The molecular weight excluding hydrogens is 236 g/mol. The number of nitrogens with one attached hydrogen (secondary N) is 1. The van der Waals surface area contributed by atoms with Crippen molar-refractivity contribution >= 4 is 23.2 Å². The van der Waals surface area contributed by atoms with Gasteiger partial charge in [0.1, 0.15) is 0 Å². The zero-order chi connectivity index (χ0) is 12.4. The van der Waals surface area contributed by atoms with Gasteiger partial charge in [-0.2, -0.15) is 0 Å². The van der Waals surface area contributed by atoms with Crippen molar-refractivity contribution in [3.05, 3.63) is 28.8 Å². The molecule has 0 saturated heterocycles. The molecular formula is C13H17ClN2O. The first-order valence-corrected chi connectivity index (χ1v) is 6.28. The van der Waals surface area contributed by atoms with E-state index in [2.05, 4.69) is 5.32 Å². The van der Waals surface area contributed by atoms with Gasteiger partial charge >= 0.3 is 0 Å². The average Bonchev–Trinajstić information content (AvgIpc) is 2.68. The van der Waals surface area contributed by atoms with E-state index in [9.17, 15) is 4.79 Å². The number of hydrogen-bond donors (Lipinski definition) is 2. The van der Waals surface area contributed by atoms with Crippen LogP contribution < -0.4 is 11.1 Å². The smallest absolute Gasteiger partial charge is 0.229 e. The van der Waals surface area contributed by atoms with E-state index in [1.807, 2.05) is 25.1 Å². The predicted molar refractivity (Wildman–Crippen MR) is 70.1 cm³/mol. The number of aryl methyl sites for hydroxylation is 1. The topological polar surface area (TPSA) is 55.1 Å². The van der Waals surface area contributed by atoms with E-state index < -0.39 is 0 Å². The van der Waals surface area contributed by atoms with Crippen LogP contribution >= 0.6 is 11.6 Å². The first-order chi connectivity index (χ1) is 8.08. The van der Waals surface area contributed by atoms with Crippen molar-refractivity contribution in [2.24, 2.45) is 11.7 Å². The van der Waals surface area contributed by atoms with E-state index in [-0.39, 0.29) is 17.9 Å². The number of carbonyl (C=O) groups excluding carboxylic acids is 1. The van der Waals surface area contributed by atoms with Gasteiger partial charge in [-0.3, -0.25) is 4.79 Å². The predicted octanol–water partition coefficient (Wildman–Crippen LogP) is 2.71. The van der Waals surface area contributed by atoms with Gasteiger partial charge in [-0.25, -0.2) is 0 Å². The third-order valence-corrected chi connectivity index (χ3v) is 3.60. The quantitative estimate of drug-likeness (QED) is 0.850. The molecule has 1 aliphatic rings. The molecule has 1 amide bonds. The Morgan fingerprint density at radius 2 is 2.24 bits per heavy atom. The Morgan fingerprint density at radius 1 is 1.47 bits per heavy atom. The third kappa shape index (κ3) is 2.79. The molecule has 2 atom stereocenters. The molecule has 0 radical (unpaired) electrons. The number of hydrogen-bond acceptors (Lipinski definition) is 2. The van der Waals surface area contributed by atoms with Gasteiger partial charge in [0.05, 0.1) is 16.6 Å². The fourth-order valence-electron chi connectivity index (χ4n) is 2.26. The van der Waals surface area contributed by atoms with E-state index in [4.69, 9.17) is 17.3 Å². The maximum Gasteiger partial charge on any atom is 0.229 e. The zero-order valence-corrected chi connectivity index (χ0v) is 10.6. The monoisotopic (exact) mass is 252 g/mol. The van der Waals surface area contributed by atoms with Crippen LogP contribution in [0, 0.1) is 12.8 Å². The molecule has 4 heteroatoms. The Kier molecular flexibility index (Phi) is 3.69. The van der Waals surface area contributed by atoms with Gasteiger partial charge < -0.3 is 11.1 Å². The van der Waals surface area contributed by atoms with Gasteiger partial charge in [0.15, 0.2) is 0 Å². The minimum atomic E-state index is -0.0765. The molecule has 0 bridgehead atoms. The standard InChI is InChI=1S/C13H17ClN2O/c1-8-5-6-12(10(14)7-8)16-13(17)9-3-2-4-11(9)15/h5-7,9,11H,2-4,15H2,1H3,(H,16,17). The van der Waals surface area contributed by atoms with E-state index in [1.54, 1.807) is 0 Å². The van der Waals surface area contributed by atoms with Gasteiger partial charge in [-0.1, -0.05) is 24.1 Å². The van der Waals surface area contributed by atoms with Gasteiger partial charge in [-0.15, -0.1) is 0 Å². The Bertz CT molecular complexity index is 433. The maximum absolute atomic E-state index is 12.0.